The topological polar surface area (TPSA) is 59.9 Å². The second kappa shape index (κ2) is 6.61. The first-order valence-corrected chi connectivity index (χ1v) is 9.44. The Hall–Kier alpha value is -2.19. The molecule has 2 heterocycles. The van der Waals surface area contributed by atoms with E-state index in [-0.39, 0.29) is 5.82 Å². The highest BCUT2D eigenvalue weighted by Crippen LogP contribution is 2.40. The van der Waals surface area contributed by atoms with E-state index >= 15 is 0 Å². The van der Waals surface area contributed by atoms with Crippen LogP contribution in [0.15, 0.2) is 52.1 Å². The van der Waals surface area contributed by atoms with Gasteiger partial charge < -0.3 is 10.1 Å². The van der Waals surface area contributed by atoms with E-state index in [1.54, 1.807) is 18.2 Å². The lowest BCUT2D eigenvalue weighted by molar-refractivity contribution is 0.220. The van der Waals surface area contributed by atoms with E-state index in [2.05, 4.69) is 36.4 Å². The van der Waals surface area contributed by atoms with Crippen LogP contribution in [-0.2, 0) is 0 Å². The van der Waals surface area contributed by atoms with Crippen molar-refractivity contribution in [2.45, 2.75) is 11.4 Å². The van der Waals surface area contributed by atoms with Gasteiger partial charge in [0, 0.05) is 21.3 Å². The summed E-state index contributed by atoms with van der Waals surface area (Å²) in [5, 5.41) is 12.1. The van der Waals surface area contributed by atoms with Crippen LogP contribution in [-0.4, -0.2) is 21.4 Å². The smallest absolute Gasteiger partial charge is 0.247 e. The molecule has 0 aliphatic carbocycles. The van der Waals surface area contributed by atoms with Crippen molar-refractivity contribution in [1.29, 1.82) is 0 Å². The van der Waals surface area contributed by atoms with Gasteiger partial charge in [-0.05, 0) is 30.5 Å². The number of thioether (sulfide) groups is 1. The lowest BCUT2D eigenvalue weighted by Crippen LogP contribution is -2.18. The van der Waals surface area contributed by atoms with Crippen LogP contribution in [0.25, 0.3) is 11.3 Å². The minimum atomic E-state index is -0.728. The molecule has 1 aliphatic heterocycles. The zero-order valence-electron chi connectivity index (χ0n) is 13.0. The van der Waals surface area contributed by atoms with Crippen molar-refractivity contribution in [2.75, 3.05) is 11.6 Å². The highest BCUT2D eigenvalue weighted by Gasteiger charge is 2.27. The first kappa shape index (κ1) is 16.3. The van der Waals surface area contributed by atoms with Crippen LogP contribution in [0.1, 0.15) is 11.8 Å². The zero-order valence-corrected chi connectivity index (χ0v) is 15.4. The zero-order chi connectivity index (χ0) is 17.4. The lowest BCUT2D eigenvalue weighted by Gasteiger charge is -2.19. The Morgan fingerprint density at radius 1 is 1.20 bits per heavy atom. The summed E-state index contributed by atoms with van der Waals surface area (Å²) >= 11 is 4.83. The first-order valence-electron chi connectivity index (χ1n) is 7.42. The van der Waals surface area contributed by atoms with Crippen LogP contribution in [0.4, 0.5) is 10.1 Å². The Balaban J connectivity index is 1.90. The van der Waals surface area contributed by atoms with E-state index in [1.165, 1.54) is 17.8 Å². The summed E-state index contributed by atoms with van der Waals surface area (Å²) in [5.41, 5.74) is 2.47. The van der Waals surface area contributed by atoms with Crippen LogP contribution in [0.2, 0.25) is 0 Å². The SMILES string of the molecule is CSc1nnc2c(n1)O[C@@H](c1ccccc1F)Nc1ccc(Br)cc1-2. The average molecular weight is 419 g/mol. The van der Waals surface area contributed by atoms with E-state index in [9.17, 15) is 4.39 Å². The normalized spacial score (nSPS) is 15.4. The highest BCUT2D eigenvalue weighted by molar-refractivity contribution is 9.10. The van der Waals surface area contributed by atoms with Crippen LogP contribution in [0, 0.1) is 5.82 Å². The molecule has 0 spiro atoms. The van der Waals surface area contributed by atoms with Crippen molar-refractivity contribution in [3.8, 4) is 17.1 Å². The van der Waals surface area contributed by atoms with E-state index in [0.29, 0.717) is 22.3 Å². The van der Waals surface area contributed by atoms with Gasteiger partial charge in [0.1, 0.15) is 5.82 Å². The van der Waals surface area contributed by atoms with Crippen LogP contribution in [0.3, 0.4) is 0 Å². The third kappa shape index (κ3) is 3.07. The molecule has 0 saturated heterocycles. The predicted octanol–water partition coefficient (Wildman–Crippen LogP) is 4.67. The van der Waals surface area contributed by atoms with Gasteiger partial charge in [0.2, 0.25) is 17.3 Å². The number of anilines is 1. The molecule has 25 heavy (non-hydrogen) atoms. The summed E-state index contributed by atoms with van der Waals surface area (Å²) in [6.45, 7) is 0. The fourth-order valence-electron chi connectivity index (χ4n) is 2.58. The van der Waals surface area contributed by atoms with Gasteiger partial charge in [-0.15, -0.1) is 10.2 Å². The number of hydrogen-bond acceptors (Lipinski definition) is 6. The van der Waals surface area contributed by atoms with Gasteiger partial charge in [-0.1, -0.05) is 45.9 Å². The second-order valence-electron chi connectivity index (χ2n) is 5.31. The molecule has 1 N–H and O–H groups in total. The molecule has 0 bridgehead atoms. The molecule has 0 saturated carbocycles. The van der Waals surface area contributed by atoms with E-state index in [0.717, 1.165) is 15.7 Å². The average Bonchev–Trinajstić information content (AvgIpc) is 2.78. The summed E-state index contributed by atoms with van der Waals surface area (Å²) in [6, 6.07) is 12.2. The molecule has 126 valence electrons. The summed E-state index contributed by atoms with van der Waals surface area (Å²) in [5.74, 6) is -0.0360. The van der Waals surface area contributed by atoms with Crippen molar-refractivity contribution in [1.82, 2.24) is 15.2 Å². The number of benzene rings is 2. The van der Waals surface area contributed by atoms with Crippen LogP contribution < -0.4 is 10.1 Å². The molecule has 0 radical (unpaired) electrons. The van der Waals surface area contributed by atoms with E-state index in [1.807, 2.05) is 24.5 Å². The lowest BCUT2D eigenvalue weighted by atomic mass is 10.1. The van der Waals surface area contributed by atoms with E-state index < -0.39 is 6.23 Å². The highest BCUT2D eigenvalue weighted by atomic mass is 79.9. The molecule has 4 rings (SSSR count). The van der Waals surface area contributed by atoms with Gasteiger partial charge in [-0.2, -0.15) is 4.98 Å². The van der Waals surface area contributed by atoms with Crippen molar-refractivity contribution in [2.24, 2.45) is 0 Å². The number of nitrogens with one attached hydrogen (secondary N) is 1. The first-order chi connectivity index (χ1) is 12.2. The number of fused-ring (bicyclic) bond motifs is 3. The maximum atomic E-state index is 14.3. The molecule has 5 nitrogen and oxygen atoms in total. The summed E-state index contributed by atoms with van der Waals surface area (Å²) in [6.07, 6.45) is 1.13. The molecule has 0 unspecified atom stereocenters. The molecule has 8 heteroatoms. The largest absolute Gasteiger partial charge is 0.448 e. The fourth-order valence-corrected chi connectivity index (χ4v) is 3.24. The number of hydrogen-bond donors (Lipinski definition) is 1. The molecule has 0 amide bonds. The number of ether oxygens (including phenoxy) is 1. The number of nitrogens with zero attached hydrogens (tertiary/aromatic N) is 3. The maximum absolute atomic E-state index is 14.3. The third-order valence-electron chi connectivity index (χ3n) is 3.76. The van der Waals surface area contributed by atoms with Crippen molar-refractivity contribution in [3.05, 3.63) is 58.3 Å². The molecular weight excluding hydrogens is 407 g/mol. The van der Waals surface area contributed by atoms with Crippen LogP contribution >= 0.6 is 27.7 Å². The Labute approximate surface area is 156 Å². The molecule has 2 aromatic carbocycles. The van der Waals surface area contributed by atoms with Crippen LogP contribution in [0.5, 0.6) is 5.88 Å². The molecule has 3 aromatic rings. The van der Waals surface area contributed by atoms with Crippen molar-refractivity contribution < 1.29 is 9.13 Å². The minimum absolute atomic E-state index is 0.317. The minimum Gasteiger partial charge on any atom is -0.448 e. The van der Waals surface area contributed by atoms with Gasteiger partial charge in [-0.3, -0.25) is 0 Å². The van der Waals surface area contributed by atoms with Gasteiger partial charge in [0.05, 0.1) is 0 Å². The molecule has 1 aliphatic rings. The monoisotopic (exact) mass is 418 g/mol. The fraction of sp³-hybridized carbons (Fsp3) is 0.118. The Bertz CT molecular complexity index is 956. The van der Waals surface area contributed by atoms with Crippen molar-refractivity contribution >= 4 is 33.4 Å². The third-order valence-corrected chi connectivity index (χ3v) is 4.79. The predicted molar refractivity (Wildman–Crippen MR) is 98.1 cm³/mol. The molecule has 1 atom stereocenters. The molecule has 0 fully saturated rings. The standard InChI is InChI=1S/C17H12BrFN4OS/c1-25-17-21-16-14(22-23-17)11-8-9(18)6-7-13(11)20-15(24-16)10-4-2-3-5-12(10)19/h2-8,15,20H,1H3/t15-/m0/s1. The molecular formula is C17H12BrFN4OS. The number of aromatic nitrogens is 3. The van der Waals surface area contributed by atoms with Gasteiger partial charge in [0.15, 0.2) is 5.69 Å². The van der Waals surface area contributed by atoms with Gasteiger partial charge >= 0.3 is 0 Å². The Morgan fingerprint density at radius 2 is 2.04 bits per heavy atom. The summed E-state index contributed by atoms with van der Waals surface area (Å²) < 4.78 is 21.2. The molecule has 1 aromatic heterocycles. The second-order valence-corrected chi connectivity index (χ2v) is 6.99. The summed E-state index contributed by atoms with van der Waals surface area (Å²) in [4.78, 5) is 4.42. The Morgan fingerprint density at radius 3 is 2.84 bits per heavy atom. The maximum Gasteiger partial charge on any atom is 0.247 e. The van der Waals surface area contributed by atoms with Crippen molar-refractivity contribution in [3.63, 3.8) is 0 Å². The van der Waals surface area contributed by atoms with E-state index in [4.69, 9.17) is 4.74 Å². The summed E-state index contributed by atoms with van der Waals surface area (Å²) in [7, 11) is 0. The quantitative estimate of drug-likeness (QED) is 0.610. The number of rotatable bonds is 2. The van der Waals surface area contributed by atoms with Gasteiger partial charge in [0.25, 0.3) is 0 Å². The number of halogens is 2. The van der Waals surface area contributed by atoms with Gasteiger partial charge in [-0.25, -0.2) is 4.39 Å². The Kier molecular flexibility index (Phi) is 4.30.